The van der Waals surface area contributed by atoms with Crippen LogP contribution in [0.2, 0.25) is 0 Å². The van der Waals surface area contributed by atoms with Gasteiger partial charge in [-0.15, -0.1) is 0 Å². The van der Waals surface area contributed by atoms with E-state index in [-0.39, 0.29) is 5.52 Å². The third-order valence-electron chi connectivity index (χ3n) is 3.65. The molecule has 0 N–H and O–H groups in total. The van der Waals surface area contributed by atoms with Crippen molar-refractivity contribution in [3.63, 3.8) is 0 Å². The summed E-state index contributed by atoms with van der Waals surface area (Å²) in [6.07, 6.45) is 4.32. The normalized spacial score (nSPS) is 10.9. The Balaban J connectivity index is 1.78. The number of rotatable bonds is 3. The van der Waals surface area contributed by atoms with Crippen LogP contribution in [0.1, 0.15) is 0 Å². The van der Waals surface area contributed by atoms with E-state index in [1.165, 1.54) is 30.9 Å². The molecular weight excluding hydrogens is 312 g/mol. The number of aromatic nitrogens is 1. The summed E-state index contributed by atoms with van der Waals surface area (Å²) in [6.45, 7) is 0. The van der Waals surface area contributed by atoms with E-state index in [4.69, 9.17) is 9.15 Å². The molecule has 0 bridgehead atoms. The number of benzene rings is 2. The van der Waals surface area contributed by atoms with Gasteiger partial charge in [0, 0.05) is 10.9 Å². The van der Waals surface area contributed by atoms with E-state index in [1.807, 2.05) is 0 Å². The monoisotopic (exact) mass is 323 g/mol. The van der Waals surface area contributed by atoms with Crippen molar-refractivity contribution >= 4 is 10.9 Å². The molecule has 2 aromatic carbocycles. The first-order valence-electron chi connectivity index (χ1n) is 7.25. The molecule has 0 radical (unpaired) electrons. The van der Waals surface area contributed by atoms with Crippen LogP contribution in [-0.4, -0.2) is 4.98 Å². The minimum atomic E-state index is -0.423. The first-order valence-corrected chi connectivity index (χ1v) is 7.25. The van der Waals surface area contributed by atoms with Crippen LogP contribution in [0.25, 0.3) is 22.0 Å². The molecule has 2 aromatic heterocycles. The zero-order valence-corrected chi connectivity index (χ0v) is 12.4. The highest BCUT2D eigenvalue weighted by atomic mass is 19.1. The van der Waals surface area contributed by atoms with E-state index in [2.05, 4.69) is 4.98 Å². The lowest BCUT2D eigenvalue weighted by Gasteiger charge is -2.11. The summed E-state index contributed by atoms with van der Waals surface area (Å²) in [5.74, 6) is -0.102. The van der Waals surface area contributed by atoms with Crippen molar-refractivity contribution in [2.24, 2.45) is 0 Å². The van der Waals surface area contributed by atoms with E-state index in [0.717, 1.165) is 0 Å². The van der Waals surface area contributed by atoms with Crippen LogP contribution in [0.3, 0.4) is 0 Å². The van der Waals surface area contributed by atoms with E-state index in [0.29, 0.717) is 28.0 Å². The second-order valence-corrected chi connectivity index (χ2v) is 5.21. The smallest absolute Gasteiger partial charge is 0.149 e. The van der Waals surface area contributed by atoms with E-state index < -0.39 is 11.6 Å². The fourth-order valence-corrected chi connectivity index (χ4v) is 2.56. The fraction of sp³-hybridized carbons (Fsp3) is 0. The standard InChI is InChI=1S/C19H11F2NO2/c20-15-4-2-6-17(18(15)13-7-8-23-11-13)24-14-9-12-3-1-5-16(21)19(12)22-10-14/h1-11H. The van der Waals surface area contributed by atoms with Gasteiger partial charge in [-0.3, -0.25) is 0 Å². The zero-order chi connectivity index (χ0) is 16.5. The van der Waals surface area contributed by atoms with Gasteiger partial charge in [-0.1, -0.05) is 18.2 Å². The van der Waals surface area contributed by atoms with Gasteiger partial charge in [0.25, 0.3) is 0 Å². The Morgan fingerprint density at radius 2 is 1.79 bits per heavy atom. The van der Waals surface area contributed by atoms with Crippen LogP contribution in [0.5, 0.6) is 11.5 Å². The third-order valence-corrected chi connectivity index (χ3v) is 3.65. The summed E-state index contributed by atoms with van der Waals surface area (Å²) in [7, 11) is 0. The van der Waals surface area contributed by atoms with Gasteiger partial charge in [-0.05, 0) is 30.3 Å². The molecule has 0 aliphatic heterocycles. The minimum absolute atomic E-state index is 0.263. The molecule has 0 spiro atoms. The van der Waals surface area contributed by atoms with Crippen molar-refractivity contribution in [2.75, 3.05) is 0 Å². The van der Waals surface area contributed by atoms with Crippen molar-refractivity contribution in [3.8, 4) is 22.6 Å². The van der Waals surface area contributed by atoms with Gasteiger partial charge in [0.15, 0.2) is 0 Å². The summed E-state index contributed by atoms with van der Waals surface area (Å²) < 4.78 is 38.7. The van der Waals surface area contributed by atoms with Gasteiger partial charge < -0.3 is 9.15 Å². The molecule has 0 unspecified atom stereocenters. The van der Waals surface area contributed by atoms with Crippen LogP contribution in [0, 0.1) is 11.6 Å². The Hall–Kier alpha value is -3.21. The maximum Gasteiger partial charge on any atom is 0.149 e. The average Bonchev–Trinajstić information content (AvgIpc) is 3.09. The summed E-state index contributed by atoms with van der Waals surface area (Å²) in [5, 5.41) is 0.605. The van der Waals surface area contributed by atoms with Crippen LogP contribution < -0.4 is 4.74 Å². The highest BCUT2D eigenvalue weighted by Gasteiger charge is 2.14. The maximum absolute atomic E-state index is 14.2. The fourth-order valence-electron chi connectivity index (χ4n) is 2.56. The largest absolute Gasteiger partial charge is 0.472 e. The van der Waals surface area contributed by atoms with Gasteiger partial charge in [0.05, 0.1) is 24.3 Å². The number of furan rings is 1. The number of pyridine rings is 1. The molecule has 0 fully saturated rings. The summed E-state index contributed by atoms with van der Waals surface area (Å²) in [4.78, 5) is 4.08. The lowest BCUT2D eigenvalue weighted by molar-refractivity contribution is 0.477. The number of halogens is 2. The molecule has 4 rings (SSSR count). The number of ether oxygens (including phenoxy) is 1. The Kier molecular flexibility index (Phi) is 3.46. The Bertz CT molecular complexity index is 1010. The minimum Gasteiger partial charge on any atom is -0.472 e. The van der Waals surface area contributed by atoms with Crippen LogP contribution in [-0.2, 0) is 0 Å². The molecular formula is C19H11F2NO2. The highest BCUT2D eigenvalue weighted by molar-refractivity contribution is 5.80. The predicted molar refractivity (Wildman–Crippen MR) is 85.9 cm³/mol. The van der Waals surface area contributed by atoms with Crippen molar-refractivity contribution in [2.45, 2.75) is 0 Å². The van der Waals surface area contributed by atoms with Crippen LogP contribution in [0.15, 0.2) is 71.7 Å². The topological polar surface area (TPSA) is 35.3 Å². The second-order valence-electron chi connectivity index (χ2n) is 5.21. The molecule has 0 amide bonds. The Morgan fingerprint density at radius 1 is 0.958 bits per heavy atom. The van der Waals surface area contributed by atoms with Gasteiger partial charge in [-0.25, -0.2) is 13.8 Å². The van der Waals surface area contributed by atoms with Crippen molar-refractivity contribution < 1.29 is 17.9 Å². The van der Waals surface area contributed by atoms with Gasteiger partial charge in [-0.2, -0.15) is 0 Å². The number of para-hydroxylation sites is 1. The molecule has 0 aliphatic rings. The van der Waals surface area contributed by atoms with Crippen molar-refractivity contribution in [3.05, 3.63) is 78.9 Å². The maximum atomic E-state index is 14.2. The molecule has 0 aliphatic carbocycles. The molecule has 3 nitrogen and oxygen atoms in total. The van der Waals surface area contributed by atoms with Crippen molar-refractivity contribution in [1.82, 2.24) is 4.98 Å². The lowest BCUT2D eigenvalue weighted by Crippen LogP contribution is -1.92. The predicted octanol–water partition coefficient (Wildman–Crippen LogP) is 5.57. The van der Waals surface area contributed by atoms with E-state index in [9.17, 15) is 8.78 Å². The van der Waals surface area contributed by atoms with Gasteiger partial charge in [0.2, 0.25) is 0 Å². The molecule has 0 saturated carbocycles. The first-order chi connectivity index (χ1) is 11.7. The van der Waals surface area contributed by atoms with E-state index in [1.54, 1.807) is 36.4 Å². The SMILES string of the molecule is Fc1cccc(Oc2cnc3c(F)cccc3c2)c1-c1ccoc1. The number of hydrogen-bond acceptors (Lipinski definition) is 3. The molecule has 2 heterocycles. The number of hydrogen-bond donors (Lipinski definition) is 0. The molecule has 5 heteroatoms. The third kappa shape index (κ3) is 2.50. The number of fused-ring (bicyclic) bond motifs is 1. The molecule has 0 atom stereocenters. The summed E-state index contributed by atoms with van der Waals surface area (Å²) >= 11 is 0. The van der Waals surface area contributed by atoms with E-state index >= 15 is 0 Å². The Labute approximate surface area is 136 Å². The average molecular weight is 323 g/mol. The zero-order valence-electron chi connectivity index (χ0n) is 12.4. The van der Waals surface area contributed by atoms with Crippen LogP contribution >= 0.6 is 0 Å². The molecule has 118 valence electrons. The molecule has 0 saturated heterocycles. The second kappa shape index (κ2) is 5.77. The highest BCUT2D eigenvalue weighted by Crippen LogP contribution is 2.36. The quantitative estimate of drug-likeness (QED) is 0.495. The number of nitrogens with zero attached hydrogens (tertiary/aromatic N) is 1. The summed E-state index contributed by atoms with van der Waals surface area (Å²) in [6, 6.07) is 12.6. The Morgan fingerprint density at radius 3 is 2.62 bits per heavy atom. The molecule has 4 aromatic rings. The van der Waals surface area contributed by atoms with Crippen LogP contribution in [0.4, 0.5) is 8.78 Å². The van der Waals surface area contributed by atoms with Crippen molar-refractivity contribution in [1.29, 1.82) is 0 Å². The molecule has 24 heavy (non-hydrogen) atoms. The van der Waals surface area contributed by atoms with Gasteiger partial charge in [0.1, 0.15) is 28.7 Å². The first kappa shape index (κ1) is 14.4. The summed E-state index contributed by atoms with van der Waals surface area (Å²) in [5.41, 5.74) is 1.13. The van der Waals surface area contributed by atoms with Gasteiger partial charge >= 0.3 is 0 Å². The lowest BCUT2D eigenvalue weighted by atomic mass is 10.1.